The predicted octanol–water partition coefficient (Wildman–Crippen LogP) is 1.94. The minimum atomic E-state index is 0.0417. The first-order valence-electron chi connectivity index (χ1n) is 7.61. The van der Waals surface area contributed by atoms with E-state index in [1.165, 1.54) is 0 Å². The second-order valence-electron chi connectivity index (χ2n) is 4.42. The van der Waals surface area contributed by atoms with Crippen LogP contribution in [0, 0.1) is 0 Å². The maximum Gasteiger partial charge on any atom is 0.132 e. The lowest BCUT2D eigenvalue weighted by Gasteiger charge is -2.01. The topological polar surface area (TPSA) is 76.0 Å². The smallest absolute Gasteiger partial charge is 0.132 e. The highest BCUT2D eigenvalue weighted by atomic mass is 16.5. The van der Waals surface area contributed by atoms with E-state index < -0.39 is 0 Å². The molecular formula is C15H32O5. The van der Waals surface area contributed by atoms with Crippen molar-refractivity contribution < 1.29 is 24.5 Å². The standard InChI is InChI=1S/C9H18O.C6H14O4/c1-3-5-7-9(10)8-6-4-2;7-1-3-9-5-6-10-4-2-8/h3-8H2,1-2H3;7-8H,1-6H2. The van der Waals surface area contributed by atoms with Crippen molar-refractivity contribution in [2.24, 2.45) is 0 Å². The van der Waals surface area contributed by atoms with Gasteiger partial charge in [0.05, 0.1) is 39.6 Å². The molecule has 0 amide bonds. The monoisotopic (exact) mass is 292 g/mol. The zero-order valence-electron chi connectivity index (χ0n) is 13.1. The Labute approximate surface area is 123 Å². The van der Waals surface area contributed by atoms with Gasteiger partial charge in [0.1, 0.15) is 5.78 Å². The molecule has 0 aliphatic rings. The van der Waals surface area contributed by atoms with Crippen LogP contribution < -0.4 is 0 Å². The number of aliphatic hydroxyl groups excluding tert-OH is 2. The summed E-state index contributed by atoms with van der Waals surface area (Å²) in [5.41, 5.74) is 0. The van der Waals surface area contributed by atoms with Crippen molar-refractivity contribution in [2.45, 2.75) is 52.4 Å². The fraction of sp³-hybridized carbons (Fsp3) is 0.933. The van der Waals surface area contributed by atoms with Crippen LogP contribution in [0.2, 0.25) is 0 Å². The van der Waals surface area contributed by atoms with Gasteiger partial charge in [0.15, 0.2) is 0 Å². The van der Waals surface area contributed by atoms with E-state index >= 15 is 0 Å². The second-order valence-corrected chi connectivity index (χ2v) is 4.42. The SMILES string of the molecule is CCCCC(=O)CCCC.OCCOCCOCCO. The van der Waals surface area contributed by atoms with Crippen LogP contribution in [0.4, 0.5) is 0 Å². The Balaban J connectivity index is 0. The Morgan fingerprint density at radius 2 is 1.20 bits per heavy atom. The van der Waals surface area contributed by atoms with Gasteiger partial charge in [-0.3, -0.25) is 4.79 Å². The number of carbonyl (C=O) groups is 1. The third kappa shape index (κ3) is 22.7. The van der Waals surface area contributed by atoms with Gasteiger partial charge in [-0.15, -0.1) is 0 Å². The molecule has 0 aromatic heterocycles. The second kappa shape index (κ2) is 20.8. The van der Waals surface area contributed by atoms with Gasteiger partial charge in [-0.05, 0) is 12.8 Å². The lowest BCUT2D eigenvalue weighted by molar-refractivity contribution is -0.119. The molecule has 0 unspecified atom stereocenters. The number of rotatable bonds is 13. The van der Waals surface area contributed by atoms with Crippen LogP contribution in [0.25, 0.3) is 0 Å². The van der Waals surface area contributed by atoms with Gasteiger partial charge < -0.3 is 19.7 Å². The normalized spacial score (nSPS) is 10.0. The van der Waals surface area contributed by atoms with Crippen molar-refractivity contribution in [3.05, 3.63) is 0 Å². The zero-order chi connectivity index (χ0) is 15.5. The predicted molar refractivity (Wildman–Crippen MR) is 79.9 cm³/mol. The molecule has 20 heavy (non-hydrogen) atoms. The number of hydrogen-bond acceptors (Lipinski definition) is 5. The van der Waals surface area contributed by atoms with Crippen molar-refractivity contribution >= 4 is 5.78 Å². The van der Waals surface area contributed by atoms with E-state index in [1.807, 2.05) is 0 Å². The molecule has 0 spiro atoms. The molecule has 2 N–H and O–H groups in total. The first kappa shape index (κ1) is 21.8. The van der Waals surface area contributed by atoms with Gasteiger partial charge >= 0.3 is 0 Å². The van der Waals surface area contributed by atoms with Crippen LogP contribution >= 0.6 is 0 Å². The van der Waals surface area contributed by atoms with Crippen LogP contribution in [0.1, 0.15) is 52.4 Å². The van der Waals surface area contributed by atoms with E-state index in [-0.39, 0.29) is 13.2 Å². The van der Waals surface area contributed by atoms with Crippen LogP contribution in [0.3, 0.4) is 0 Å². The number of hydrogen-bond donors (Lipinski definition) is 2. The lowest BCUT2D eigenvalue weighted by Crippen LogP contribution is -2.09. The molecule has 0 aromatic rings. The molecule has 0 aliphatic carbocycles. The molecule has 0 aliphatic heterocycles. The Kier molecular flexibility index (Phi) is 22.7. The van der Waals surface area contributed by atoms with Gasteiger partial charge in [-0.2, -0.15) is 0 Å². The van der Waals surface area contributed by atoms with Crippen molar-refractivity contribution in [3.8, 4) is 0 Å². The summed E-state index contributed by atoms with van der Waals surface area (Å²) in [6, 6.07) is 0. The van der Waals surface area contributed by atoms with Crippen molar-refractivity contribution in [2.75, 3.05) is 39.6 Å². The lowest BCUT2D eigenvalue weighted by atomic mass is 10.1. The summed E-state index contributed by atoms with van der Waals surface area (Å²) in [6.07, 6.45) is 6.02. The van der Waals surface area contributed by atoms with Gasteiger partial charge in [-0.1, -0.05) is 26.7 Å². The molecule has 0 aromatic carbocycles. The van der Waals surface area contributed by atoms with Crippen molar-refractivity contribution in [1.29, 1.82) is 0 Å². The average molecular weight is 292 g/mol. The van der Waals surface area contributed by atoms with Crippen LogP contribution in [-0.4, -0.2) is 55.6 Å². The molecule has 0 bridgehead atoms. The molecule has 0 saturated carbocycles. The van der Waals surface area contributed by atoms with Gasteiger partial charge in [0, 0.05) is 12.8 Å². The molecule has 0 heterocycles. The highest BCUT2D eigenvalue weighted by Gasteiger charge is 1.98. The van der Waals surface area contributed by atoms with Crippen molar-refractivity contribution in [1.82, 2.24) is 0 Å². The minimum Gasteiger partial charge on any atom is -0.394 e. The first-order chi connectivity index (χ1) is 9.72. The van der Waals surface area contributed by atoms with Gasteiger partial charge in [0.2, 0.25) is 0 Å². The largest absolute Gasteiger partial charge is 0.394 e. The Hall–Kier alpha value is -0.490. The van der Waals surface area contributed by atoms with Crippen LogP contribution in [-0.2, 0) is 14.3 Å². The van der Waals surface area contributed by atoms with Crippen LogP contribution in [0.15, 0.2) is 0 Å². The van der Waals surface area contributed by atoms with E-state index in [4.69, 9.17) is 19.7 Å². The minimum absolute atomic E-state index is 0.0417. The third-order valence-corrected chi connectivity index (χ3v) is 2.46. The maximum atomic E-state index is 11.0. The summed E-state index contributed by atoms with van der Waals surface area (Å²) in [5.74, 6) is 0.448. The molecule has 0 atom stereocenters. The molecule has 122 valence electrons. The Morgan fingerprint density at radius 3 is 1.50 bits per heavy atom. The number of Topliss-reactive ketones (excluding diaryl/α,β-unsaturated/α-hetero) is 1. The van der Waals surface area contributed by atoms with E-state index in [2.05, 4.69) is 13.8 Å². The number of ether oxygens (including phenoxy) is 2. The molecule has 0 radical (unpaired) electrons. The Bertz CT molecular complexity index is 167. The Morgan fingerprint density at radius 1 is 0.800 bits per heavy atom. The third-order valence-electron chi connectivity index (χ3n) is 2.46. The average Bonchev–Trinajstić information content (AvgIpc) is 2.47. The van der Waals surface area contributed by atoms with Gasteiger partial charge in [0.25, 0.3) is 0 Å². The van der Waals surface area contributed by atoms with E-state index in [0.29, 0.717) is 32.2 Å². The summed E-state index contributed by atoms with van der Waals surface area (Å²) < 4.78 is 9.75. The maximum absolute atomic E-state index is 11.0. The molecule has 0 fully saturated rings. The summed E-state index contributed by atoms with van der Waals surface area (Å²) in [6.45, 7) is 5.96. The number of ketones is 1. The summed E-state index contributed by atoms with van der Waals surface area (Å²) in [5, 5.41) is 16.5. The van der Waals surface area contributed by atoms with Gasteiger partial charge in [-0.25, -0.2) is 0 Å². The zero-order valence-corrected chi connectivity index (χ0v) is 13.1. The van der Waals surface area contributed by atoms with E-state index in [9.17, 15) is 4.79 Å². The summed E-state index contributed by atoms with van der Waals surface area (Å²) in [7, 11) is 0. The van der Waals surface area contributed by atoms with Crippen molar-refractivity contribution in [3.63, 3.8) is 0 Å². The first-order valence-corrected chi connectivity index (χ1v) is 7.61. The van der Waals surface area contributed by atoms with Crippen LogP contribution in [0.5, 0.6) is 0 Å². The molecule has 5 heteroatoms. The highest BCUT2D eigenvalue weighted by molar-refractivity contribution is 5.78. The summed E-state index contributed by atoms with van der Waals surface area (Å²) >= 11 is 0. The number of unbranched alkanes of at least 4 members (excludes halogenated alkanes) is 2. The summed E-state index contributed by atoms with van der Waals surface area (Å²) in [4.78, 5) is 11.0. The molecule has 0 saturated heterocycles. The number of aliphatic hydroxyl groups is 2. The molecule has 5 nitrogen and oxygen atoms in total. The number of carbonyl (C=O) groups excluding carboxylic acids is 1. The quantitative estimate of drug-likeness (QED) is 0.507. The van der Waals surface area contributed by atoms with E-state index in [0.717, 1.165) is 38.5 Å². The highest BCUT2D eigenvalue weighted by Crippen LogP contribution is 2.02. The molecule has 0 rings (SSSR count). The fourth-order valence-corrected chi connectivity index (χ4v) is 1.32. The molecular weight excluding hydrogens is 260 g/mol. The van der Waals surface area contributed by atoms with E-state index in [1.54, 1.807) is 0 Å². The fourth-order valence-electron chi connectivity index (χ4n) is 1.32.